The summed E-state index contributed by atoms with van der Waals surface area (Å²) in [6.07, 6.45) is 1.18. The number of hydrogen-bond acceptors (Lipinski definition) is 1. The monoisotopic (exact) mass is 225 g/mol. The van der Waals surface area contributed by atoms with E-state index in [2.05, 4.69) is 55.6 Å². The van der Waals surface area contributed by atoms with Gasteiger partial charge in [-0.05, 0) is 42.2 Å². The van der Waals surface area contributed by atoms with E-state index in [9.17, 15) is 0 Å². The van der Waals surface area contributed by atoms with Crippen molar-refractivity contribution in [3.63, 3.8) is 0 Å². The highest BCUT2D eigenvalue weighted by Crippen LogP contribution is 2.23. The molecule has 1 atom stereocenters. The average molecular weight is 225 g/mol. The van der Waals surface area contributed by atoms with Gasteiger partial charge in [0.15, 0.2) is 0 Å². The number of hydrogen-bond donors (Lipinski definition) is 1. The van der Waals surface area contributed by atoms with E-state index in [0.29, 0.717) is 5.92 Å². The summed E-state index contributed by atoms with van der Waals surface area (Å²) < 4.78 is 0. The van der Waals surface area contributed by atoms with Crippen LogP contribution < -0.4 is 5.32 Å². The van der Waals surface area contributed by atoms with E-state index in [1.165, 1.54) is 12.0 Å². The summed E-state index contributed by atoms with van der Waals surface area (Å²) in [6.45, 7) is 4.49. The van der Waals surface area contributed by atoms with Gasteiger partial charge in [0.2, 0.25) is 0 Å². The molecule has 0 saturated carbocycles. The first-order valence-corrected chi connectivity index (χ1v) is 6.21. The maximum atomic E-state index is 3.42. The first-order chi connectivity index (χ1) is 8.29. The lowest BCUT2D eigenvalue weighted by atomic mass is 9.98. The van der Waals surface area contributed by atoms with Gasteiger partial charge in [0.1, 0.15) is 0 Å². The third kappa shape index (κ3) is 3.10. The summed E-state index contributed by atoms with van der Waals surface area (Å²) in [7, 11) is 0. The maximum Gasteiger partial charge on any atom is 0.0387 e. The molecule has 0 radical (unpaired) electrons. The number of rotatable bonds is 4. The minimum atomic E-state index is 0.618. The van der Waals surface area contributed by atoms with Gasteiger partial charge >= 0.3 is 0 Å². The predicted molar refractivity (Wildman–Crippen MR) is 74.9 cm³/mol. The summed E-state index contributed by atoms with van der Waals surface area (Å²) in [5.74, 6) is 0.618. The van der Waals surface area contributed by atoms with Gasteiger partial charge in [-0.2, -0.15) is 0 Å². The Morgan fingerprint density at radius 3 is 2.35 bits per heavy atom. The van der Waals surface area contributed by atoms with Gasteiger partial charge in [-0.25, -0.2) is 0 Å². The Hall–Kier alpha value is -1.76. The quantitative estimate of drug-likeness (QED) is 0.776. The highest BCUT2D eigenvalue weighted by atomic mass is 14.9. The minimum Gasteiger partial charge on any atom is -0.356 e. The Morgan fingerprint density at radius 2 is 1.65 bits per heavy atom. The molecule has 1 heteroatoms. The van der Waals surface area contributed by atoms with Crippen LogP contribution in [0.4, 0.5) is 11.4 Å². The Kier molecular flexibility index (Phi) is 3.81. The second-order valence-electron chi connectivity index (χ2n) is 4.43. The van der Waals surface area contributed by atoms with Crippen LogP contribution in [0.25, 0.3) is 0 Å². The van der Waals surface area contributed by atoms with Crippen molar-refractivity contribution < 1.29 is 0 Å². The van der Waals surface area contributed by atoms with Gasteiger partial charge in [-0.15, -0.1) is 0 Å². The molecule has 17 heavy (non-hydrogen) atoms. The van der Waals surface area contributed by atoms with Crippen molar-refractivity contribution in [2.24, 2.45) is 0 Å². The van der Waals surface area contributed by atoms with Crippen LogP contribution in [-0.2, 0) is 0 Å². The molecule has 0 amide bonds. The van der Waals surface area contributed by atoms with Crippen molar-refractivity contribution in [2.75, 3.05) is 5.32 Å². The minimum absolute atomic E-state index is 0.618. The van der Waals surface area contributed by atoms with Crippen molar-refractivity contribution in [1.29, 1.82) is 0 Å². The highest BCUT2D eigenvalue weighted by Gasteiger charge is 2.03. The highest BCUT2D eigenvalue weighted by molar-refractivity contribution is 5.60. The molecule has 0 aliphatic heterocycles. The Labute approximate surface area is 103 Å². The zero-order chi connectivity index (χ0) is 12.1. The summed E-state index contributed by atoms with van der Waals surface area (Å²) in [5.41, 5.74) is 3.69. The molecule has 0 fully saturated rings. The molecule has 2 aromatic rings. The van der Waals surface area contributed by atoms with E-state index < -0.39 is 0 Å². The summed E-state index contributed by atoms with van der Waals surface area (Å²) in [6, 6.07) is 18.9. The Bertz CT molecular complexity index is 462. The molecule has 0 aliphatic rings. The van der Waals surface area contributed by atoms with E-state index in [4.69, 9.17) is 0 Å². The smallest absolute Gasteiger partial charge is 0.0387 e. The molecule has 0 aromatic heterocycles. The number of benzene rings is 2. The van der Waals surface area contributed by atoms with Gasteiger partial charge in [-0.1, -0.05) is 44.2 Å². The van der Waals surface area contributed by atoms with Crippen LogP contribution >= 0.6 is 0 Å². The van der Waals surface area contributed by atoms with Crippen LogP contribution in [0.5, 0.6) is 0 Å². The Morgan fingerprint density at radius 1 is 0.941 bits per heavy atom. The molecule has 1 unspecified atom stereocenters. The van der Waals surface area contributed by atoms with Crippen molar-refractivity contribution in [3.8, 4) is 0 Å². The number of nitrogens with one attached hydrogen (secondary N) is 1. The third-order valence-corrected chi connectivity index (χ3v) is 3.13. The van der Waals surface area contributed by atoms with Gasteiger partial charge in [0.25, 0.3) is 0 Å². The molecule has 2 aromatic carbocycles. The molecular weight excluding hydrogens is 206 g/mol. The lowest BCUT2D eigenvalue weighted by Gasteiger charge is -2.12. The van der Waals surface area contributed by atoms with Crippen LogP contribution in [0, 0.1) is 0 Å². The number of para-hydroxylation sites is 1. The normalized spacial score (nSPS) is 12.1. The van der Waals surface area contributed by atoms with E-state index in [1.54, 1.807) is 0 Å². The lowest BCUT2D eigenvalue weighted by molar-refractivity contribution is 0.734. The van der Waals surface area contributed by atoms with Crippen molar-refractivity contribution >= 4 is 11.4 Å². The molecule has 1 nitrogen and oxygen atoms in total. The fraction of sp³-hybridized carbons (Fsp3) is 0.250. The standard InChI is InChI=1S/C16H19N/c1-3-13(2)14-8-7-11-16(12-14)17-15-9-5-4-6-10-15/h4-13,17H,3H2,1-2H3. The fourth-order valence-electron chi connectivity index (χ4n) is 1.85. The molecule has 1 N–H and O–H groups in total. The van der Waals surface area contributed by atoms with Gasteiger partial charge < -0.3 is 5.32 Å². The van der Waals surface area contributed by atoms with Crippen LogP contribution in [-0.4, -0.2) is 0 Å². The molecule has 2 rings (SSSR count). The van der Waals surface area contributed by atoms with Gasteiger partial charge in [0.05, 0.1) is 0 Å². The van der Waals surface area contributed by atoms with Crippen molar-refractivity contribution in [3.05, 3.63) is 60.2 Å². The molecule has 0 saturated heterocycles. The summed E-state index contributed by atoms with van der Waals surface area (Å²) in [5, 5.41) is 3.42. The fourth-order valence-corrected chi connectivity index (χ4v) is 1.85. The number of anilines is 2. The van der Waals surface area contributed by atoms with Gasteiger partial charge in [-0.3, -0.25) is 0 Å². The van der Waals surface area contributed by atoms with Crippen LogP contribution in [0.1, 0.15) is 31.7 Å². The largest absolute Gasteiger partial charge is 0.356 e. The predicted octanol–water partition coefficient (Wildman–Crippen LogP) is 4.94. The van der Waals surface area contributed by atoms with Crippen molar-refractivity contribution in [2.45, 2.75) is 26.2 Å². The molecule has 0 bridgehead atoms. The second-order valence-corrected chi connectivity index (χ2v) is 4.43. The third-order valence-electron chi connectivity index (χ3n) is 3.13. The van der Waals surface area contributed by atoms with Gasteiger partial charge in [0, 0.05) is 11.4 Å². The second kappa shape index (κ2) is 5.53. The van der Waals surface area contributed by atoms with E-state index in [1.807, 2.05) is 18.2 Å². The Balaban J connectivity index is 2.17. The zero-order valence-corrected chi connectivity index (χ0v) is 10.5. The topological polar surface area (TPSA) is 12.0 Å². The zero-order valence-electron chi connectivity index (χ0n) is 10.5. The lowest BCUT2D eigenvalue weighted by Crippen LogP contribution is -1.94. The first-order valence-electron chi connectivity index (χ1n) is 6.21. The first kappa shape index (κ1) is 11.7. The molecule has 88 valence electrons. The molecular formula is C16H19N. The van der Waals surface area contributed by atoms with E-state index >= 15 is 0 Å². The maximum absolute atomic E-state index is 3.42. The summed E-state index contributed by atoms with van der Waals surface area (Å²) >= 11 is 0. The molecule has 0 heterocycles. The van der Waals surface area contributed by atoms with Crippen LogP contribution in [0.3, 0.4) is 0 Å². The average Bonchev–Trinajstić information content (AvgIpc) is 2.39. The summed E-state index contributed by atoms with van der Waals surface area (Å²) in [4.78, 5) is 0. The van der Waals surface area contributed by atoms with E-state index in [-0.39, 0.29) is 0 Å². The van der Waals surface area contributed by atoms with Crippen LogP contribution in [0.2, 0.25) is 0 Å². The molecule has 0 aliphatic carbocycles. The SMILES string of the molecule is CCC(C)c1cccc(Nc2ccccc2)c1. The molecule has 0 spiro atoms. The van der Waals surface area contributed by atoms with E-state index in [0.717, 1.165) is 11.4 Å². The van der Waals surface area contributed by atoms with Crippen LogP contribution in [0.15, 0.2) is 54.6 Å². The van der Waals surface area contributed by atoms with Crippen molar-refractivity contribution in [1.82, 2.24) is 0 Å².